The summed E-state index contributed by atoms with van der Waals surface area (Å²) in [5.41, 5.74) is 3.11. The highest BCUT2D eigenvalue weighted by Crippen LogP contribution is 2.40. The lowest BCUT2D eigenvalue weighted by molar-refractivity contribution is 0.00241. The molecule has 2 aliphatic heterocycles. The molecule has 2 aliphatic rings. The van der Waals surface area contributed by atoms with Crippen molar-refractivity contribution in [3.63, 3.8) is 0 Å². The molecule has 0 N–H and O–H groups in total. The molecule has 0 aliphatic carbocycles. The minimum absolute atomic E-state index is 0.124. The lowest BCUT2D eigenvalue weighted by Gasteiger charge is -2.41. The molecule has 0 unspecified atom stereocenters. The Bertz CT molecular complexity index is 1040. The molecule has 5 rings (SSSR count). The molecule has 164 valence electrons. The first kappa shape index (κ1) is 20.6. The van der Waals surface area contributed by atoms with E-state index in [2.05, 4.69) is 59.5 Å². The first-order valence-corrected chi connectivity index (χ1v) is 11.6. The fourth-order valence-electron chi connectivity index (χ4n) is 4.92. The number of hydrogen-bond donors (Lipinski definition) is 0. The van der Waals surface area contributed by atoms with Crippen LogP contribution in [0.25, 0.3) is 0 Å². The molecule has 1 saturated heterocycles. The zero-order chi connectivity index (χ0) is 21.8. The van der Waals surface area contributed by atoms with Gasteiger partial charge in [0.25, 0.3) is 5.91 Å². The number of amides is 1. The van der Waals surface area contributed by atoms with Crippen LogP contribution in [0.5, 0.6) is 5.75 Å². The number of fused-ring (bicyclic) bond motifs is 1. The average Bonchev–Trinajstić information content (AvgIpc) is 3.00. The second-order valence-corrected chi connectivity index (χ2v) is 8.88. The van der Waals surface area contributed by atoms with E-state index in [1.54, 1.807) is 0 Å². The van der Waals surface area contributed by atoms with Crippen LogP contribution in [-0.2, 0) is 6.42 Å². The highest BCUT2D eigenvalue weighted by atomic mass is 16.5. The highest BCUT2D eigenvalue weighted by molar-refractivity contribution is 5.94. The van der Waals surface area contributed by atoms with Gasteiger partial charge in [-0.2, -0.15) is 0 Å². The van der Waals surface area contributed by atoms with Gasteiger partial charge in [0.15, 0.2) is 0 Å². The van der Waals surface area contributed by atoms with E-state index in [1.807, 2.05) is 35.2 Å². The van der Waals surface area contributed by atoms with Crippen molar-refractivity contribution in [2.45, 2.75) is 31.3 Å². The smallest absolute Gasteiger partial charge is 0.253 e. The van der Waals surface area contributed by atoms with Crippen LogP contribution in [0.4, 0.5) is 5.69 Å². The molecule has 4 heteroatoms. The summed E-state index contributed by atoms with van der Waals surface area (Å²) in [6.07, 6.45) is 3.73. The van der Waals surface area contributed by atoms with Crippen LogP contribution in [0.2, 0.25) is 0 Å². The molecule has 2 heterocycles. The molecule has 0 atom stereocenters. The van der Waals surface area contributed by atoms with Crippen molar-refractivity contribution in [1.82, 2.24) is 4.90 Å². The molecule has 1 spiro atoms. The number of rotatable bonds is 4. The third kappa shape index (κ3) is 4.36. The van der Waals surface area contributed by atoms with E-state index in [-0.39, 0.29) is 11.5 Å². The van der Waals surface area contributed by atoms with Gasteiger partial charge >= 0.3 is 0 Å². The highest BCUT2D eigenvalue weighted by Gasteiger charge is 2.40. The van der Waals surface area contributed by atoms with Gasteiger partial charge in [0, 0.05) is 51.0 Å². The van der Waals surface area contributed by atoms with Crippen LogP contribution in [-0.4, -0.2) is 42.6 Å². The van der Waals surface area contributed by atoms with Gasteiger partial charge in [-0.1, -0.05) is 60.7 Å². The van der Waals surface area contributed by atoms with E-state index in [9.17, 15) is 4.79 Å². The predicted octanol–water partition coefficient (Wildman–Crippen LogP) is 5.19. The zero-order valence-corrected chi connectivity index (χ0v) is 18.5. The van der Waals surface area contributed by atoms with Crippen molar-refractivity contribution >= 4 is 11.6 Å². The summed E-state index contributed by atoms with van der Waals surface area (Å²) >= 11 is 0. The summed E-state index contributed by atoms with van der Waals surface area (Å²) in [5, 5.41) is 0. The fraction of sp³-hybridized carbons (Fsp3) is 0.321. The van der Waals surface area contributed by atoms with Crippen molar-refractivity contribution in [3.8, 4) is 5.75 Å². The summed E-state index contributed by atoms with van der Waals surface area (Å²) < 4.78 is 6.72. The predicted molar refractivity (Wildman–Crippen MR) is 128 cm³/mol. The monoisotopic (exact) mass is 426 g/mol. The summed E-state index contributed by atoms with van der Waals surface area (Å²) in [6.45, 7) is 3.41. The molecular formula is C28H30N2O2. The Morgan fingerprint density at radius 1 is 0.781 bits per heavy atom. The van der Waals surface area contributed by atoms with Crippen LogP contribution in [0, 0.1) is 0 Å². The van der Waals surface area contributed by atoms with Crippen molar-refractivity contribution in [2.24, 2.45) is 0 Å². The van der Waals surface area contributed by atoms with Crippen LogP contribution in [0.1, 0.15) is 35.2 Å². The molecule has 0 saturated carbocycles. The first-order chi connectivity index (χ1) is 15.7. The Morgan fingerprint density at radius 2 is 1.41 bits per heavy atom. The maximum Gasteiger partial charge on any atom is 0.253 e. The number of carbonyl (C=O) groups excluding carboxylic acids is 1. The van der Waals surface area contributed by atoms with Gasteiger partial charge in [-0.3, -0.25) is 4.79 Å². The molecule has 0 bridgehead atoms. The number of hydrogen-bond acceptors (Lipinski definition) is 3. The van der Waals surface area contributed by atoms with Crippen LogP contribution in [0.3, 0.4) is 0 Å². The second-order valence-electron chi connectivity index (χ2n) is 8.88. The van der Waals surface area contributed by atoms with Gasteiger partial charge in [0.05, 0.1) is 5.69 Å². The third-order valence-electron chi connectivity index (χ3n) is 6.87. The van der Waals surface area contributed by atoms with Crippen molar-refractivity contribution in [1.29, 1.82) is 0 Å². The van der Waals surface area contributed by atoms with Crippen LogP contribution in [0.15, 0.2) is 84.9 Å². The Morgan fingerprint density at radius 3 is 2.16 bits per heavy atom. The third-order valence-corrected chi connectivity index (χ3v) is 6.87. The number of para-hydroxylation sites is 2. The van der Waals surface area contributed by atoms with E-state index in [0.29, 0.717) is 0 Å². The van der Waals surface area contributed by atoms with Gasteiger partial charge < -0.3 is 14.5 Å². The molecule has 0 radical (unpaired) electrons. The van der Waals surface area contributed by atoms with Crippen molar-refractivity contribution in [2.75, 3.05) is 31.1 Å². The van der Waals surface area contributed by atoms with Gasteiger partial charge in [0.2, 0.25) is 0 Å². The normalized spacial score (nSPS) is 17.4. The maximum absolute atomic E-state index is 12.9. The van der Waals surface area contributed by atoms with Crippen molar-refractivity contribution < 1.29 is 9.53 Å². The minimum Gasteiger partial charge on any atom is -0.485 e. The Balaban J connectivity index is 1.29. The molecule has 1 fully saturated rings. The molecular weight excluding hydrogens is 396 g/mol. The Kier molecular flexibility index (Phi) is 5.85. The Hall–Kier alpha value is -3.27. The molecule has 4 nitrogen and oxygen atoms in total. The van der Waals surface area contributed by atoms with Gasteiger partial charge in [-0.25, -0.2) is 0 Å². The van der Waals surface area contributed by atoms with E-state index in [0.717, 1.165) is 63.2 Å². The first-order valence-electron chi connectivity index (χ1n) is 11.6. The number of piperidine rings is 1. The van der Waals surface area contributed by atoms with E-state index < -0.39 is 0 Å². The van der Waals surface area contributed by atoms with Gasteiger partial charge in [0.1, 0.15) is 11.4 Å². The molecule has 32 heavy (non-hydrogen) atoms. The standard InChI is InChI=1S/C28H30N2O2/c31-27(24-11-5-2-6-12-24)30-21-17-28(18-22-30)16-20-29(19-15-23-9-3-1-4-10-23)25-13-7-8-14-26(25)32-28/h1-14H,15-22H2. The summed E-state index contributed by atoms with van der Waals surface area (Å²) in [4.78, 5) is 17.3. The van der Waals surface area contributed by atoms with E-state index in [4.69, 9.17) is 4.74 Å². The molecule has 3 aromatic rings. The topological polar surface area (TPSA) is 32.8 Å². The average molecular weight is 427 g/mol. The number of anilines is 1. The second kappa shape index (κ2) is 9.07. The van der Waals surface area contributed by atoms with E-state index >= 15 is 0 Å². The SMILES string of the molecule is O=C(c1ccccc1)N1CCC2(CC1)CCN(CCc1ccccc1)c1ccccc1O2. The van der Waals surface area contributed by atoms with E-state index in [1.165, 1.54) is 11.3 Å². The van der Waals surface area contributed by atoms with Crippen molar-refractivity contribution in [3.05, 3.63) is 96.1 Å². The minimum atomic E-state index is -0.203. The number of nitrogens with zero attached hydrogens (tertiary/aromatic N) is 2. The fourth-order valence-corrected chi connectivity index (χ4v) is 4.92. The summed E-state index contributed by atoms with van der Waals surface area (Å²) in [6, 6.07) is 28.7. The molecule has 1 amide bonds. The quantitative estimate of drug-likeness (QED) is 0.575. The lowest BCUT2D eigenvalue weighted by Crippen LogP contribution is -2.50. The number of benzene rings is 3. The number of ether oxygens (including phenoxy) is 1. The lowest BCUT2D eigenvalue weighted by atomic mass is 9.87. The molecule has 3 aromatic carbocycles. The molecule has 0 aromatic heterocycles. The van der Waals surface area contributed by atoms with Gasteiger partial charge in [-0.15, -0.1) is 0 Å². The van der Waals surface area contributed by atoms with Crippen LogP contribution >= 0.6 is 0 Å². The maximum atomic E-state index is 12.9. The van der Waals surface area contributed by atoms with Crippen LogP contribution < -0.4 is 9.64 Å². The zero-order valence-electron chi connectivity index (χ0n) is 18.5. The summed E-state index contributed by atoms with van der Waals surface area (Å²) in [5.74, 6) is 1.10. The Labute approximate surface area is 190 Å². The number of carbonyl (C=O) groups is 1. The largest absolute Gasteiger partial charge is 0.485 e. The van der Waals surface area contributed by atoms with Gasteiger partial charge in [-0.05, 0) is 36.2 Å². The number of likely N-dealkylation sites (tertiary alicyclic amines) is 1. The summed E-state index contributed by atoms with van der Waals surface area (Å²) in [7, 11) is 0.